The molecule has 1 atom stereocenters. The van der Waals surface area contributed by atoms with Crippen LogP contribution in [0.5, 0.6) is 0 Å². The van der Waals surface area contributed by atoms with Crippen molar-refractivity contribution in [1.82, 2.24) is 9.78 Å². The molecule has 1 aromatic heterocycles. The Morgan fingerprint density at radius 3 is 2.89 bits per heavy atom. The number of benzene rings is 1. The number of hydrogen-bond donors (Lipinski definition) is 1. The molecular weight excluding hydrogens is 252 g/mol. The molecule has 0 spiro atoms. The molecule has 2 aromatic rings. The van der Waals surface area contributed by atoms with E-state index in [-0.39, 0.29) is 0 Å². The fraction of sp³-hybridized carbons (Fsp3) is 0.308. The summed E-state index contributed by atoms with van der Waals surface area (Å²) in [7, 11) is 1.76. The van der Waals surface area contributed by atoms with E-state index in [9.17, 15) is 5.11 Å². The molecule has 0 fully saturated rings. The summed E-state index contributed by atoms with van der Waals surface area (Å²) in [6.45, 7) is 1.26. The molecule has 0 saturated heterocycles. The van der Waals surface area contributed by atoms with Gasteiger partial charge in [-0.05, 0) is 16.7 Å². The molecule has 0 saturated carbocycles. The van der Waals surface area contributed by atoms with Crippen molar-refractivity contribution in [3.05, 3.63) is 51.8 Å². The molecule has 1 aromatic carbocycles. The number of ether oxygens (including phenoxy) is 1. The van der Waals surface area contributed by atoms with Gasteiger partial charge in [-0.15, -0.1) is 0 Å². The average molecular weight is 265 g/mol. The molecule has 0 aliphatic carbocycles. The number of rotatable bonds is 2. The molecule has 0 radical (unpaired) electrons. The Morgan fingerprint density at radius 1 is 1.39 bits per heavy atom. The maximum absolute atomic E-state index is 10.4. The number of aliphatic hydroxyl groups is 1. The predicted molar refractivity (Wildman–Crippen MR) is 67.2 cm³/mol. The maximum atomic E-state index is 10.4. The first kappa shape index (κ1) is 11.7. The number of aliphatic hydroxyl groups excluding tert-OH is 1. The highest BCUT2D eigenvalue weighted by Gasteiger charge is 2.20. The normalized spacial score (nSPS) is 15.7. The van der Waals surface area contributed by atoms with Crippen molar-refractivity contribution in [3.8, 4) is 0 Å². The monoisotopic (exact) mass is 264 g/mol. The van der Waals surface area contributed by atoms with Gasteiger partial charge in [0, 0.05) is 7.05 Å². The molecule has 1 aliphatic rings. The number of aryl methyl sites for hydroxylation is 1. The number of fused-ring (bicyclic) bond motifs is 1. The standard InChI is InChI=1S/C13H13ClN2O2/c1-16-12(11(14)5-15-16)13(17)8-2-3-9-6-18-7-10(9)4-8/h2-5,13,17H,6-7H2,1H3. The number of nitrogens with zero attached hydrogens (tertiary/aromatic N) is 2. The maximum Gasteiger partial charge on any atom is 0.122 e. The summed E-state index contributed by atoms with van der Waals surface area (Å²) in [5.74, 6) is 0. The lowest BCUT2D eigenvalue weighted by Crippen LogP contribution is -2.07. The van der Waals surface area contributed by atoms with Gasteiger partial charge in [-0.25, -0.2) is 0 Å². The van der Waals surface area contributed by atoms with Gasteiger partial charge >= 0.3 is 0 Å². The van der Waals surface area contributed by atoms with Gasteiger partial charge in [-0.2, -0.15) is 5.10 Å². The van der Waals surface area contributed by atoms with Crippen LogP contribution < -0.4 is 0 Å². The molecule has 0 bridgehead atoms. The summed E-state index contributed by atoms with van der Waals surface area (Å²) in [4.78, 5) is 0. The topological polar surface area (TPSA) is 47.3 Å². The van der Waals surface area contributed by atoms with Crippen LogP contribution in [0.15, 0.2) is 24.4 Å². The molecule has 1 aliphatic heterocycles. The van der Waals surface area contributed by atoms with Crippen LogP contribution in [0.1, 0.15) is 28.5 Å². The van der Waals surface area contributed by atoms with Crippen molar-refractivity contribution in [1.29, 1.82) is 0 Å². The fourth-order valence-corrected chi connectivity index (χ4v) is 2.52. The van der Waals surface area contributed by atoms with Crippen molar-refractivity contribution in [2.24, 2.45) is 7.05 Å². The quantitative estimate of drug-likeness (QED) is 0.904. The van der Waals surface area contributed by atoms with Crippen LogP contribution >= 0.6 is 11.6 Å². The molecule has 5 heteroatoms. The minimum atomic E-state index is -0.768. The van der Waals surface area contributed by atoms with Crippen molar-refractivity contribution in [2.75, 3.05) is 0 Å². The van der Waals surface area contributed by atoms with Crippen LogP contribution in [0.25, 0.3) is 0 Å². The minimum absolute atomic E-state index is 0.474. The van der Waals surface area contributed by atoms with E-state index in [1.165, 1.54) is 11.8 Å². The first-order chi connectivity index (χ1) is 8.66. The van der Waals surface area contributed by atoms with E-state index in [4.69, 9.17) is 16.3 Å². The van der Waals surface area contributed by atoms with E-state index >= 15 is 0 Å². The second-order valence-corrected chi connectivity index (χ2v) is 4.83. The summed E-state index contributed by atoms with van der Waals surface area (Å²) in [6.07, 6.45) is 0.771. The smallest absolute Gasteiger partial charge is 0.122 e. The Morgan fingerprint density at radius 2 is 2.17 bits per heavy atom. The molecular formula is C13H13ClN2O2. The number of aromatic nitrogens is 2. The Labute approximate surface area is 110 Å². The third-order valence-corrected chi connectivity index (χ3v) is 3.55. The fourth-order valence-electron chi connectivity index (χ4n) is 2.25. The average Bonchev–Trinajstić information content (AvgIpc) is 2.94. The predicted octanol–water partition coefficient (Wildman–Crippen LogP) is 2.19. The number of hydrogen-bond acceptors (Lipinski definition) is 3. The molecule has 1 unspecified atom stereocenters. The molecule has 1 N–H and O–H groups in total. The Kier molecular flexibility index (Phi) is 2.86. The largest absolute Gasteiger partial charge is 0.382 e. The van der Waals surface area contributed by atoms with Gasteiger partial charge < -0.3 is 9.84 Å². The van der Waals surface area contributed by atoms with E-state index in [1.807, 2.05) is 18.2 Å². The third kappa shape index (κ3) is 1.82. The van der Waals surface area contributed by atoms with Crippen molar-refractivity contribution in [2.45, 2.75) is 19.3 Å². The lowest BCUT2D eigenvalue weighted by Gasteiger charge is -2.13. The molecule has 2 heterocycles. The molecule has 4 nitrogen and oxygen atoms in total. The summed E-state index contributed by atoms with van der Waals surface area (Å²) >= 11 is 6.04. The Bertz CT molecular complexity index is 575. The molecule has 18 heavy (non-hydrogen) atoms. The molecule has 3 rings (SSSR count). The zero-order chi connectivity index (χ0) is 12.7. The van der Waals surface area contributed by atoms with Gasteiger partial charge in [-0.1, -0.05) is 29.8 Å². The minimum Gasteiger partial charge on any atom is -0.382 e. The second kappa shape index (κ2) is 4.39. The third-order valence-electron chi connectivity index (χ3n) is 3.26. The summed E-state index contributed by atoms with van der Waals surface area (Å²) in [5.41, 5.74) is 3.73. The highest BCUT2D eigenvalue weighted by Crippen LogP contribution is 2.30. The van der Waals surface area contributed by atoms with E-state index in [0.29, 0.717) is 23.9 Å². The van der Waals surface area contributed by atoms with Crippen LogP contribution in [0.2, 0.25) is 5.02 Å². The molecule has 94 valence electrons. The first-order valence-corrected chi connectivity index (χ1v) is 6.09. The van der Waals surface area contributed by atoms with Crippen LogP contribution in [-0.4, -0.2) is 14.9 Å². The van der Waals surface area contributed by atoms with Crippen molar-refractivity contribution in [3.63, 3.8) is 0 Å². The zero-order valence-electron chi connectivity index (χ0n) is 9.93. The lowest BCUT2D eigenvalue weighted by molar-refractivity contribution is 0.134. The van der Waals surface area contributed by atoms with E-state index in [2.05, 4.69) is 5.10 Å². The van der Waals surface area contributed by atoms with Crippen LogP contribution in [0.3, 0.4) is 0 Å². The van der Waals surface area contributed by atoms with Gasteiger partial charge in [0.05, 0.1) is 30.1 Å². The molecule has 0 amide bonds. The van der Waals surface area contributed by atoms with Crippen LogP contribution in [-0.2, 0) is 25.0 Å². The van der Waals surface area contributed by atoms with Crippen LogP contribution in [0.4, 0.5) is 0 Å². The summed E-state index contributed by atoms with van der Waals surface area (Å²) < 4.78 is 6.96. The van der Waals surface area contributed by atoms with E-state index in [1.54, 1.807) is 11.7 Å². The van der Waals surface area contributed by atoms with Gasteiger partial charge in [-0.3, -0.25) is 4.68 Å². The van der Waals surface area contributed by atoms with Gasteiger partial charge in [0.2, 0.25) is 0 Å². The van der Waals surface area contributed by atoms with Crippen molar-refractivity contribution < 1.29 is 9.84 Å². The van der Waals surface area contributed by atoms with Gasteiger partial charge in [0.1, 0.15) is 6.10 Å². The van der Waals surface area contributed by atoms with Gasteiger partial charge in [0.15, 0.2) is 0 Å². The number of halogens is 1. The van der Waals surface area contributed by atoms with E-state index < -0.39 is 6.10 Å². The second-order valence-electron chi connectivity index (χ2n) is 4.42. The SMILES string of the molecule is Cn1ncc(Cl)c1C(O)c1ccc2c(c1)COC2. The lowest BCUT2D eigenvalue weighted by atomic mass is 10.0. The summed E-state index contributed by atoms with van der Waals surface area (Å²) in [6, 6.07) is 5.86. The van der Waals surface area contributed by atoms with Crippen molar-refractivity contribution >= 4 is 11.6 Å². The summed E-state index contributed by atoms with van der Waals surface area (Å²) in [5, 5.41) is 14.9. The zero-order valence-corrected chi connectivity index (χ0v) is 10.7. The highest BCUT2D eigenvalue weighted by molar-refractivity contribution is 6.31. The van der Waals surface area contributed by atoms with Gasteiger partial charge in [0.25, 0.3) is 0 Å². The Hall–Kier alpha value is -1.36. The Balaban J connectivity index is 2.00. The van der Waals surface area contributed by atoms with Crippen LogP contribution in [0, 0.1) is 0 Å². The first-order valence-electron chi connectivity index (χ1n) is 5.71. The van der Waals surface area contributed by atoms with E-state index in [0.717, 1.165) is 11.1 Å². The highest BCUT2D eigenvalue weighted by atomic mass is 35.5.